The molecule has 0 aromatic heterocycles. The fourth-order valence-corrected chi connectivity index (χ4v) is 1.83. The second-order valence-corrected chi connectivity index (χ2v) is 3.67. The largest absolute Gasteiger partial charge is 0.462 e. The standard InChI is InChI=1S/C11H12BrFO2/c1-3-15-11(14)9-5-8(6-12)7(2)4-10(9)13/h4-5H,3,6H2,1-2H3. The van der Waals surface area contributed by atoms with Gasteiger partial charge in [-0.15, -0.1) is 0 Å². The van der Waals surface area contributed by atoms with Gasteiger partial charge in [-0.2, -0.15) is 0 Å². The zero-order valence-electron chi connectivity index (χ0n) is 8.64. The van der Waals surface area contributed by atoms with E-state index in [4.69, 9.17) is 4.74 Å². The van der Waals surface area contributed by atoms with E-state index in [-0.39, 0.29) is 12.2 Å². The molecule has 0 radical (unpaired) electrons. The van der Waals surface area contributed by atoms with Crippen molar-refractivity contribution in [1.82, 2.24) is 0 Å². The first kappa shape index (κ1) is 12.2. The van der Waals surface area contributed by atoms with Crippen molar-refractivity contribution in [1.29, 1.82) is 0 Å². The van der Waals surface area contributed by atoms with E-state index in [0.717, 1.165) is 11.1 Å². The average Bonchev–Trinajstić information content (AvgIpc) is 2.18. The zero-order valence-corrected chi connectivity index (χ0v) is 10.2. The predicted molar refractivity (Wildman–Crippen MR) is 59.7 cm³/mol. The fourth-order valence-electron chi connectivity index (χ4n) is 1.23. The minimum absolute atomic E-state index is 0.00287. The Morgan fingerprint density at radius 2 is 2.20 bits per heavy atom. The highest BCUT2D eigenvalue weighted by Crippen LogP contribution is 2.18. The van der Waals surface area contributed by atoms with Crippen LogP contribution in [0.3, 0.4) is 0 Å². The van der Waals surface area contributed by atoms with Gasteiger partial charge in [0.2, 0.25) is 0 Å². The molecule has 15 heavy (non-hydrogen) atoms. The van der Waals surface area contributed by atoms with Crippen LogP contribution in [0, 0.1) is 12.7 Å². The van der Waals surface area contributed by atoms with Crippen molar-refractivity contribution in [3.8, 4) is 0 Å². The van der Waals surface area contributed by atoms with Crippen LogP contribution in [0.4, 0.5) is 4.39 Å². The van der Waals surface area contributed by atoms with Gasteiger partial charge in [0, 0.05) is 5.33 Å². The summed E-state index contributed by atoms with van der Waals surface area (Å²) in [5, 5.41) is 0.589. The first-order valence-corrected chi connectivity index (χ1v) is 5.74. The van der Waals surface area contributed by atoms with Crippen molar-refractivity contribution in [3.63, 3.8) is 0 Å². The molecule has 1 aromatic rings. The molecule has 1 aromatic carbocycles. The smallest absolute Gasteiger partial charge is 0.341 e. The summed E-state index contributed by atoms with van der Waals surface area (Å²) in [6.07, 6.45) is 0. The van der Waals surface area contributed by atoms with Gasteiger partial charge in [0.25, 0.3) is 0 Å². The second kappa shape index (κ2) is 5.26. The van der Waals surface area contributed by atoms with Gasteiger partial charge in [0.05, 0.1) is 12.2 Å². The van der Waals surface area contributed by atoms with Gasteiger partial charge >= 0.3 is 5.97 Å². The lowest BCUT2D eigenvalue weighted by molar-refractivity contribution is 0.0521. The van der Waals surface area contributed by atoms with Crippen LogP contribution in [0.1, 0.15) is 28.4 Å². The molecule has 0 heterocycles. The lowest BCUT2D eigenvalue weighted by atomic mass is 10.1. The first-order chi connectivity index (χ1) is 7.10. The van der Waals surface area contributed by atoms with Gasteiger partial charge in [-0.25, -0.2) is 9.18 Å². The molecule has 0 aliphatic rings. The normalized spacial score (nSPS) is 10.1. The minimum Gasteiger partial charge on any atom is -0.462 e. The quantitative estimate of drug-likeness (QED) is 0.625. The SMILES string of the molecule is CCOC(=O)c1cc(CBr)c(C)cc1F. The highest BCUT2D eigenvalue weighted by atomic mass is 79.9. The van der Waals surface area contributed by atoms with E-state index in [1.165, 1.54) is 12.1 Å². The van der Waals surface area contributed by atoms with Crippen LogP contribution in [0.25, 0.3) is 0 Å². The zero-order chi connectivity index (χ0) is 11.4. The Labute approximate surface area is 96.6 Å². The molecule has 0 spiro atoms. The van der Waals surface area contributed by atoms with Crippen molar-refractivity contribution in [2.75, 3.05) is 6.61 Å². The molecule has 0 aliphatic carbocycles. The van der Waals surface area contributed by atoms with Crippen molar-refractivity contribution in [3.05, 3.63) is 34.6 Å². The third kappa shape index (κ3) is 2.78. The summed E-state index contributed by atoms with van der Waals surface area (Å²) in [7, 11) is 0. The molecular weight excluding hydrogens is 263 g/mol. The third-order valence-corrected chi connectivity index (χ3v) is 2.67. The van der Waals surface area contributed by atoms with Crippen molar-refractivity contribution in [2.45, 2.75) is 19.2 Å². The number of benzene rings is 1. The number of carbonyl (C=O) groups excluding carboxylic acids is 1. The highest BCUT2D eigenvalue weighted by molar-refractivity contribution is 9.08. The molecule has 0 atom stereocenters. The van der Waals surface area contributed by atoms with E-state index >= 15 is 0 Å². The van der Waals surface area contributed by atoms with E-state index < -0.39 is 11.8 Å². The Hall–Kier alpha value is -0.900. The number of esters is 1. The number of alkyl halides is 1. The topological polar surface area (TPSA) is 26.3 Å². The lowest BCUT2D eigenvalue weighted by Crippen LogP contribution is -2.08. The number of halogens is 2. The summed E-state index contributed by atoms with van der Waals surface area (Å²) in [6.45, 7) is 3.74. The summed E-state index contributed by atoms with van der Waals surface area (Å²) >= 11 is 3.28. The minimum atomic E-state index is -0.614. The molecule has 0 saturated heterocycles. The van der Waals surface area contributed by atoms with Crippen molar-refractivity contribution in [2.24, 2.45) is 0 Å². The first-order valence-electron chi connectivity index (χ1n) is 4.62. The number of ether oxygens (including phenoxy) is 1. The molecule has 82 valence electrons. The lowest BCUT2D eigenvalue weighted by Gasteiger charge is -2.07. The van der Waals surface area contributed by atoms with Gasteiger partial charge in [-0.05, 0) is 37.1 Å². The average molecular weight is 275 g/mol. The summed E-state index contributed by atoms with van der Waals surface area (Å²) in [5.74, 6) is -1.15. The summed E-state index contributed by atoms with van der Waals surface area (Å²) in [6, 6.07) is 2.88. The van der Waals surface area contributed by atoms with Crippen LogP contribution in [0.2, 0.25) is 0 Å². The molecule has 4 heteroatoms. The number of hydrogen-bond donors (Lipinski definition) is 0. The van der Waals surface area contributed by atoms with Crippen LogP contribution >= 0.6 is 15.9 Å². The van der Waals surface area contributed by atoms with E-state index in [1.54, 1.807) is 13.8 Å². The van der Waals surface area contributed by atoms with Crippen molar-refractivity contribution >= 4 is 21.9 Å². The highest BCUT2D eigenvalue weighted by Gasteiger charge is 2.14. The second-order valence-electron chi connectivity index (χ2n) is 3.11. The third-order valence-electron chi connectivity index (χ3n) is 2.06. The number of aryl methyl sites for hydroxylation is 1. The van der Waals surface area contributed by atoms with Crippen LogP contribution in [0.5, 0.6) is 0 Å². The van der Waals surface area contributed by atoms with Gasteiger partial charge in [0.15, 0.2) is 0 Å². The Bertz CT molecular complexity index is 377. The number of hydrogen-bond acceptors (Lipinski definition) is 2. The summed E-state index contributed by atoms with van der Waals surface area (Å²) < 4.78 is 18.2. The Kier molecular flexibility index (Phi) is 4.27. The molecule has 0 N–H and O–H groups in total. The van der Waals surface area contributed by atoms with Crippen LogP contribution < -0.4 is 0 Å². The maximum absolute atomic E-state index is 13.4. The Morgan fingerprint density at radius 1 is 1.53 bits per heavy atom. The van der Waals surface area contributed by atoms with Crippen LogP contribution in [-0.4, -0.2) is 12.6 Å². The maximum atomic E-state index is 13.4. The molecule has 0 unspecified atom stereocenters. The monoisotopic (exact) mass is 274 g/mol. The van der Waals surface area contributed by atoms with Crippen LogP contribution in [-0.2, 0) is 10.1 Å². The fraction of sp³-hybridized carbons (Fsp3) is 0.364. The summed E-state index contributed by atoms with van der Waals surface area (Å²) in [5.41, 5.74) is 1.70. The van der Waals surface area contributed by atoms with Gasteiger partial charge in [0.1, 0.15) is 5.82 Å². The van der Waals surface area contributed by atoms with E-state index in [9.17, 15) is 9.18 Å². The molecule has 0 amide bonds. The van der Waals surface area contributed by atoms with Crippen molar-refractivity contribution < 1.29 is 13.9 Å². The Balaban J connectivity index is 3.12. The Morgan fingerprint density at radius 3 is 2.73 bits per heavy atom. The van der Waals surface area contributed by atoms with Gasteiger partial charge in [-0.1, -0.05) is 15.9 Å². The van der Waals surface area contributed by atoms with Gasteiger partial charge in [-0.3, -0.25) is 0 Å². The predicted octanol–water partition coefficient (Wildman–Crippen LogP) is 3.21. The number of carbonyl (C=O) groups is 1. The van der Waals surface area contributed by atoms with E-state index in [2.05, 4.69) is 15.9 Å². The van der Waals surface area contributed by atoms with E-state index in [0.29, 0.717) is 5.33 Å². The molecule has 0 bridgehead atoms. The maximum Gasteiger partial charge on any atom is 0.341 e. The molecule has 2 nitrogen and oxygen atoms in total. The molecule has 1 rings (SSSR count). The molecule has 0 saturated carbocycles. The van der Waals surface area contributed by atoms with Crippen LogP contribution in [0.15, 0.2) is 12.1 Å². The van der Waals surface area contributed by atoms with E-state index in [1.807, 2.05) is 0 Å². The summed E-state index contributed by atoms with van der Waals surface area (Å²) in [4.78, 5) is 11.4. The molecule has 0 aliphatic heterocycles. The molecule has 0 fully saturated rings. The molecular formula is C11H12BrFO2. The van der Waals surface area contributed by atoms with Gasteiger partial charge < -0.3 is 4.74 Å². The number of rotatable bonds is 3.